The summed E-state index contributed by atoms with van der Waals surface area (Å²) in [6.07, 6.45) is 0.397. The van der Waals surface area contributed by atoms with Gasteiger partial charge in [0.05, 0.1) is 5.69 Å². The van der Waals surface area contributed by atoms with E-state index in [0.29, 0.717) is 18.5 Å². The van der Waals surface area contributed by atoms with Gasteiger partial charge in [-0.1, -0.05) is 5.16 Å². The predicted octanol–water partition coefficient (Wildman–Crippen LogP) is 2.81. The Kier molecular flexibility index (Phi) is 8.61. The number of aromatic nitrogens is 1. The second-order valence-corrected chi connectivity index (χ2v) is 6.65. The molecule has 0 spiro atoms. The summed E-state index contributed by atoms with van der Waals surface area (Å²) in [7, 11) is 1.73. The topological polar surface area (TPSA) is 56.9 Å². The van der Waals surface area contributed by atoms with Crippen molar-refractivity contribution in [3.8, 4) is 0 Å². The van der Waals surface area contributed by atoms with Gasteiger partial charge >= 0.3 is 0 Å². The summed E-state index contributed by atoms with van der Waals surface area (Å²) in [5.74, 6) is 0.797. The first-order valence-corrected chi connectivity index (χ1v) is 9.09. The molecule has 2 heterocycles. The lowest BCUT2D eigenvalue weighted by Crippen LogP contribution is -2.52. The third kappa shape index (κ3) is 6.13. The van der Waals surface area contributed by atoms with E-state index in [0.717, 1.165) is 62.3 Å². The van der Waals surface area contributed by atoms with Gasteiger partial charge in [0, 0.05) is 52.4 Å². The summed E-state index contributed by atoms with van der Waals surface area (Å²) < 4.78 is 32.1. The van der Waals surface area contributed by atoms with E-state index in [1.165, 1.54) is 6.07 Å². The van der Waals surface area contributed by atoms with E-state index in [4.69, 9.17) is 4.52 Å². The molecular weight excluding hydrogens is 479 g/mol. The van der Waals surface area contributed by atoms with Gasteiger partial charge in [-0.15, -0.1) is 24.0 Å². The van der Waals surface area contributed by atoms with Crippen LogP contribution in [0.15, 0.2) is 33.8 Å². The molecule has 1 fully saturated rings. The molecule has 1 N–H and O–H groups in total. The minimum absolute atomic E-state index is 0. The zero-order valence-electron chi connectivity index (χ0n) is 16.1. The number of halogens is 3. The van der Waals surface area contributed by atoms with Crippen molar-refractivity contribution in [1.29, 1.82) is 0 Å². The summed E-state index contributed by atoms with van der Waals surface area (Å²) in [6, 6.07) is 5.49. The molecule has 0 unspecified atom stereocenters. The molecule has 9 heteroatoms. The van der Waals surface area contributed by atoms with Crippen LogP contribution >= 0.6 is 24.0 Å². The lowest BCUT2D eigenvalue weighted by Gasteiger charge is -2.36. The molecule has 0 bridgehead atoms. The molecule has 2 aromatic rings. The summed E-state index contributed by atoms with van der Waals surface area (Å²) in [6.45, 7) is 6.62. The lowest BCUT2D eigenvalue weighted by molar-refractivity contribution is 0.169. The highest BCUT2D eigenvalue weighted by molar-refractivity contribution is 14.0. The molecule has 1 aromatic heterocycles. The van der Waals surface area contributed by atoms with Gasteiger partial charge in [-0.2, -0.15) is 0 Å². The molecule has 0 radical (unpaired) electrons. The van der Waals surface area contributed by atoms with Gasteiger partial charge < -0.3 is 14.7 Å². The van der Waals surface area contributed by atoms with Crippen LogP contribution in [0.2, 0.25) is 0 Å². The van der Waals surface area contributed by atoms with Gasteiger partial charge in [0.2, 0.25) is 0 Å². The minimum atomic E-state index is -0.422. The first-order chi connectivity index (χ1) is 13.0. The quantitative estimate of drug-likeness (QED) is 0.385. The minimum Gasteiger partial charge on any atom is -0.361 e. The fourth-order valence-electron chi connectivity index (χ4n) is 3.22. The summed E-state index contributed by atoms with van der Waals surface area (Å²) in [5.41, 5.74) is 1.31. The van der Waals surface area contributed by atoms with E-state index in [-0.39, 0.29) is 29.8 Å². The molecule has 1 saturated heterocycles. The van der Waals surface area contributed by atoms with Crippen molar-refractivity contribution >= 4 is 29.9 Å². The van der Waals surface area contributed by atoms with Crippen LogP contribution in [0, 0.1) is 18.6 Å². The van der Waals surface area contributed by atoms with Crippen molar-refractivity contribution in [2.45, 2.75) is 19.9 Å². The molecule has 0 amide bonds. The molecule has 1 aromatic carbocycles. The van der Waals surface area contributed by atoms with E-state index in [9.17, 15) is 8.78 Å². The van der Waals surface area contributed by atoms with Crippen molar-refractivity contribution in [1.82, 2.24) is 20.3 Å². The smallest absolute Gasteiger partial charge is 0.193 e. The largest absolute Gasteiger partial charge is 0.361 e. The van der Waals surface area contributed by atoms with Crippen LogP contribution < -0.4 is 5.32 Å². The molecule has 0 atom stereocenters. The standard InChI is InChI=1S/C19H25F2N5O.HI/c1-14-11-17(24-27-14)13-25-7-9-26(10-8-25)19(22-2)23-6-5-15-12-16(20)3-4-18(15)21;/h3-4,11-12H,5-10,13H2,1-2H3,(H,22,23);1H. The van der Waals surface area contributed by atoms with Crippen LogP contribution in [0.5, 0.6) is 0 Å². The fourth-order valence-corrected chi connectivity index (χ4v) is 3.22. The maximum absolute atomic E-state index is 13.7. The first kappa shape index (κ1) is 22.5. The number of nitrogens with one attached hydrogen (secondary N) is 1. The Morgan fingerprint density at radius 2 is 1.96 bits per heavy atom. The van der Waals surface area contributed by atoms with Crippen LogP contribution in [0.4, 0.5) is 8.78 Å². The highest BCUT2D eigenvalue weighted by Crippen LogP contribution is 2.11. The zero-order valence-corrected chi connectivity index (χ0v) is 18.5. The van der Waals surface area contributed by atoms with E-state index in [1.807, 2.05) is 13.0 Å². The highest BCUT2D eigenvalue weighted by Gasteiger charge is 2.20. The molecule has 0 aliphatic carbocycles. The van der Waals surface area contributed by atoms with Crippen LogP contribution in [-0.4, -0.2) is 60.7 Å². The van der Waals surface area contributed by atoms with Gasteiger partial charge in [-0.3, -0.25) is 9.89 Å². The van der Waals surface area contributed by atoms with E-state index in [1.54, 1.807) is 7.05 Å². The number of rotatable bonds is 5. The summed E-state index contributed by atoms with van der Waals surface area (Å²) >= 11 is 0. The molecule has 6 nitrogen and oxygen atoms in total. The molecule has 1 aliphatic rings. The number of hydrogen-bond acceptors (Lipinski definition) is 4. The second kappa shape index (κ2) is 10.7. The van der Waals surface area contributed by atoms with E-state index < -0.39 is 5.82 Å². The lowest BCUT2D eigenvalue weighted by atomic mass is 10.1. The summed E-state index contributed by atoms with van der Waals surface area (Å²) in [5, 5.41) is 7.28. The van der Waals surface area contributed by atoms with Crippen LogP contribution in [0.3, 0.4) is 0 Å². The van der Waals surface area contributed by atoms with Gasteiger partial charge in [-0.05, 0) is 37.1 Å². The van der Waals surface area contributed by atoms with Crippen LogP contribution in [0.1, 0.15) is 17.0 Å². The Labute approximate surface area is 181 Å². The Balaban J connectivity index is 0.00000280. The average molecular weight is 505 g/mol. The number of aliphatic imine (C=N–C) groups is 1. The van der Waals surface area contributed by atoms with Crippen molar-refractivity contribution in [3.63, 3.8) is 0 Å². The van der Waals surface area contributed by atoms with Crippen molar-refractivity contribution in [2.24, 2.45) is 4.99 Å². The molecule has 3 rings (SSSR count). The average Bonchev–Trinajstić information content (AvgIpc) is 3.07. The molecule has 0 saturated carbocycles. The SMILES string of the molecule is CN=C(NCCc1cc(F)ccc1F)N1CCN(Cc2cc(C)on2)CC1.I. The molecular formula is C19H26F2IN5O. The monoisotopic (exact) mass is 505 g/mol. The third-order valence-corrected chi connectivity index (χ3v) is 4.63. The molecule has 154 valence electrons. The predicted molar refractivity (Wildman–Crippen MR) is 115 cm³/mol. The van der Waals surface area contributed by atoms with E-state index in [2.05, 4.69) is 25.3 Å². The highest BCUT2D eigenvalue weighted by atomic mass is 127. The Bertz CT molecular complexity index is 790. The van der Waals surface area contributed by atoms with Crippen LogP contribution in [-0.2, 0) is 13.0 Å². The van der Waals surface area contributed by atoms with Gasteiger partial charge in [0.1, 0.15) is 17.4 Å². The Hall–Kier alpha value is -1.75. The van der Waals surface area contributed by atoms with E-state index >= 15 is 0 Å². The normalized spacial score (nSPS) is 15.4. The van der Waals surface area contributed by atoms with Gasteiger partial charge in [0.25, 0.3) is 0 Å². The number of nitrogens with zero attached hydrogens (tertiary/aromatic N) is 4. The Morgan fingerprint density at radius 3 is 2.61 bits per heavy atom. The second-order valence-electron chi connectivity index (χ2n) is 6.65. The van der Waals surface area contributed by atoms with Gasteiger partial charge in [0.15, 0.2) is 5.96 Å². The molecule has 28 heavy (non-hydrogen) atoms. The third-order valence-electron chi connectivity index (χ3n) is 4.63. The Morgan fingerprint density at radius 1 is 1.21 bits per heavy atom. The van der Waals surface area contributed by atoms with Crippen LogP contribution in [0.25, 0.3) is 0 Å². The van der Waals surface area contributed by atoms with Gasteiger partial charge in [-0.25, -0.2) is 8.78 Å². The fraction of sp³-hybridized carbons (Fsp3) is 0.474. The number of hydrogen-bond donors (Lipinski definition) is 1. The first-order valence-electron chi connectivity index (χ1n) is 9.09. The maximum atomic E-state index is 13.7. The zero-order chi connectivity index (χ0) is 19.2. The van der Waals surface area contributed by atoms with Crippen molar-refractivity contribution < 1.29 is 13.3 Å². The molecule has 1 aliphatic heterocycles. The number of aryl methyl sites for hydroxylation is 1. The maximum Gasteiger partial charge on any atom is 0.193 e. The summed E-state index contributed by atoms with van der Waals surface area (Å²) in [4.78, 5) is 8.81. The number of guanidine groups is 1. The van der Waals surface area contributed by atoms with Crippen molar-refractivity contribution in [2.75, 3.05) is 39.8 Å². The number of piperazine rings is 1. The number of benzene rings is 1. The van der Waals surface area contributed by atoms with Crippen molar-refractivity contribution in [3.05, 3.63) is 52.9 Å².